The summed E-state index contributed by atoms with van der Waals surface area (Å²) in [5.41, 5.74) is 6.73. The normalized spacial score (nSPS) is 34.1. The lowest BCUT2D eigenvalue weighted by molar-refractivity contribution is -0.166. The molecule has 2 aromatic carbocycles. The zero-order chi connectivity index (χ0) is 36.9. The summed E-state index contributed by atoms with van der Waals surface area (Å²) >= 11 is 0. The van der Waals surface area contributed by atoms with E-state index >= 15 is 0 Å². The predicted octanol–water partition coefficient (Wildman–Crippen LogP) is 5.54. The Balaban J connectivity index is 1.31. The van der Waals surface area contributed by atoms with Crippen LogP contribution in [0.2, 0.25) is 0 Å². The van der Waals surface area contributed by atoms with E-state index in [-0.39, 0.29) is 53.6 Å². The third-order valence-electron chi connectivity index (χ3n) is 14.6. The molecule has 0 radical (unpaired) electrons. The van der Waals surface area contributed by atoms with Crippen LogP contribution in [0.15, 0.2) is 36.4 Å². The number of esters is 2. The molecule has 4 aliphatic heterocycles. The molecule has 53 heavy (non-hydrogen) atoms. The Bertz CT molecular complexity index is 2090. The molecule has 3 unspecified atom stereocenters. The standard InChI is InChI=1S/C43H54N4O6/c1-7-24-21-46(3)33-18-30-25-10-8-9-11-32(25)44-37(30)31(17-29(24)35(33)41(49)52-5)36-34(51-4)13-12-26-27-14-15-47-20-23-16-28(22(2)48)40(47)43(19-23,42(50)53-6)39(27)45-38(26)36/h8-13,22-24,28-29,31,33,35,40,44-45,48H,7,14-21H2,1-6H3/t22-,23-,24-,28+,29-,31-,33-,35?,40-,43?/m0/s1. The molecule has 3 saturated heterocycles. The van der Waals surface area contributed by atoms with E-state index in [9.17, 15) is 14.7 Å². The van der Waals surface area contributed by atoms with Gasteiger partial charge in [-0.15, -0.1) is 0 Å². The number of piperidine rings is 3. The number of fused-ring (bicyclic) bond motifs is 9. The first-order chi connectivity index (χ1) is 25.6. The van der Waals surface area contributed by atoms with Gasteiger partial charge in [-0.25, -0.2) is 0 Å². The van der Waals surface area contributed by atoms with Gasteiger partial charge in [0.05, 0.1) is 38.9 Å². The van der Waals surface area contributed by atoms with Crippen molar-refractivity contribution in [3.8, 4) is 5.75 Å². The Labute approximate surface area is 311 Å². The molecule has 10 rings (SSSR count). The summed E-state index contributed by atoms with van der Waals surface area (Å²) in [6, 6.07) is 12.6. The highest BCUT2D eigenvalue weighted by atomic mass is 16.5. The number of carbonyl (C=O) groups excluding carboxylic acids is 2. The molecular weight excluding hydrogens is 668 g/mol. The minimum absolute atomic E-state index is 0.0137. The van der Waals surface area contributed by atoms with Crippen molar-refractivity contribution >= 4 is 33.7 Å². The maximum absolute atomic E-state index is 14.4. The fourth-order valence-electron chi connectivity index (χ4n) is 12.5. The summed E-state index contributed by atoms with van der Waals surface area (Å²) in [5, 5.41) is 13.4. The third-order valence-corrected chi connectivity index (χ3v) is 14.6. The topological polar surface area (TPSA) is 120 Å². The SMILES string of the molecule is CC[C@H]1CN(C)[C@H]2Cc3c([nH]c4ccccc34)[C@H](c3c(OC)ccc4c5c([nH]c34)C3(C(=O)OC)C[C@@H]4C[C@H]([C@H](C)O)[C@@H]3N(CC5)C4)C[C@@H]1C2C(=O)OC. The summed E-state index contributed by atoms with van der Waals surface area (Å²) < 4.78 is 17.6. The van der Waals surface area contributed by atoms with Gasteiger partial charge in [0, 0.05) is 76.8 Å². The van der Waals surface area contributed by atoms with Gasteiger partial charge in [0.2, 0.25) is 0 Å². The van der Waals surface area contributed by atoms with Gasteiger partial charge in [-0.2, -0.15) is 0 Å². The number of carbonyl (C=O) groups is 2. The first kappa shape index (κ1) is 34.9. The van der Waals surface area contributed by atoms with Crippen LogP contribution >= 0.6 is 0 Å². The van der Waals surface area contributed by atoms with Crippen molar-refractivity contribution in [1.29, 1.82) is 0 Å². The molecule has 6 aliphatic rings. The molecule has 0 amide bonds. The number of likely N-dealkylation sites (N-methyl/N-ethyl adjacent to an activating group) is 1. The van der Waals surface area contributed by atoms with Gasteiger partial charge in [-0.3, -0.25) is 14.5 Å². The van der Waals surface area contributed by atoms with Gasteiger partial charge >= 0.3 is 11.9 Å². The molecule has 6 bridgehead atoms. The summed E-state index contributed by atoms with van der Waals surface area (Å²) in [5.74, 6) is 0.665. The average Bonchev–Trinajstić information content (AvgIpc) is 3.70. The number of methoxy groups -OCH3 is 3. The largest absolute Gasteiger partial charge is 0.496 e. The van der Waals surface area contributed by atoms with Crippen molar-refractivity contribution in [2.24, 2.45) is 29.6 Å². The number of aliphatic hydroxyl groups excluding tert-OH is 1. The van der Waals surface area contributed by atoms with Gasteiger partial charge < -0.3 is 34.2 Å². The quantitative estimate of drug-likeness (QED) is 0.222. The zero-order valence-electron chi connectivity index (χ0n) is 31.9. The number of hydrogen-bond acceptors (Lipinski definition) is 8. The molecule has 6 heterocycles. The number of benzene rings is 2. The second kappa shape index (κ2) is 12.9. The number of aromatic nitrogens is 2. The maximum Gasteiger partial charge on any atom is 0.319 e. The van der Waals surface area contributed by atoms with Crippen LogP contribution in [0.25, 0.3) is 21.8 Å². The van der Waals surface area contributed by atoms with E-state index < -0.39 is 11.5 Å². The molecule has 2 aliphatic carbocycles. The first-order valence-corrected chi connectivity index (χ1v) is 19.7. The highest BCUT2D eigenvalue weighted by molar-refractivity contribution is 5.95. The number of aromatic amines is 2. The maximum atomic E-state index is 14.4. The van der Waals surface area contributed by atoms with Crippen LogP contribution in [-0.2, 0) is 37.3 Å². The lowest BCUT2D eigenvalue weighted by Gasteiger charge is -2.58. The zero-order valence-corrected chi connectivity index (χ0v) is 31.9. The van der Waals surface area contributed by atoms with Crippen LogP contribution in [0.4, 0.5) is 0 Å². The van der Waals surface area contributed by atoms with Crippen molar-refractivity contribution in [1.82, 2.24) is 19.8 Å². The van der Waals surface area contributed by atoms with Crippen LogP contribution in [0, 0.1) is 29.6 Å². The number of hydrogen-bond donors (Lipinski definition) is 3. The smallest absolute Gasteiger partial charge is 0.319 e. The van der Waals surface area contributed by atoms with Crippen molar-refractivity contribution < 1.29 is 28.9 Å². The number of H-pyrrole nitrogens is 2. The number of aliphatic hydroxyl groups is 1. The van der Waals surface area contributed by atoms with Crippen LogP contribution < -0.4 is 4.74 Å². The Morgan fingerprint density at radius 3 is 2.57 bits per heavy atom. The monoisotopic (exact) mass is 722 g/mol. The van der Waals surface area contributed by atoms with Gasteiger partial charge in [0.1, 0.15) is 11.2 Å². The van der Waals surface area contributed by atoms with Gasteiger partial charge in [-0.05, 0) is 93.2 Å². The second-order valence-electron chi connectivity index (χ2n) is 16.9. The van der Waals surface area contributed by atoms with E-state index in [4.69, 9.17) is 14.2 Å². The number of ether oxygens (including phenoxy) is 3. The molecule has 4 aromatic rings. The fourth-order valence-corrected chi connectivity index (χ4v) is 12.5. The van der Waals surface area contributed by atoms with E-state index in [0.29, 0.717) is 12.3 Å². The van der Waals surface area contributed by atoms with Gasteiger partial charge in [0.25, 0.3) is 0 Å². The van der Waals surface area contributed by atoms with Crippen molar-refractivity contribution in [3.05, 3.63) is 64.5 Å². The molecule has 0 spiro atoms. The van der Waals surface area contributed by atoms with Crippen LogP contribution in [-0.4, -0.2) is 103 Å². The Morgan fingerprint density at radius 1 is 1.02 bits per heavy atom. The Hall–Kier alpha value is -3.86. The fraction of sp³-hybridized carbons (Fsp3) is 0.581. The van der Waals surface area contributed by atoms with Crippen LogP contribution in [0.1, 0.15) is 73.5 Å². The summed E-state index contributed by atoms with van der Waals surface area (Å²) in [7, 11) is 6.94. The first-order valence-electron chi connectivity index (χ1n) is 19.7. The molecule has 4 fully saturated rings. The van der Waals surface area contributed by atoms with E-state index in [1.807, 2.05) is 6.92 Å². The summed E-state index contributed by atoms with van der Waals surface area (Å²) in [6.07, 6.45) is 4.29. The summed E-state index contributed by atoms with van der Waals surface area (Å²) in [6.45, 7) is 6.80. The molecule has 10 nitrogen and oxygen atoms in total. The number of nitrogens with one attached hydrogen (secondary N) is 2. The molecule has 282 valence electrons. The molecule has 2 aromatic heterocycles. The van der Waals surface area contributed by atoms with Crippen molar-refractivity contribution in [3.63, 3.8) is 0 Å². The molecular formula is C43H54N4O6. The lowest BCUT2D eigenvalue weighted by atomic mass is 9.56. The lowest BCUT2D eigenvalue weighted by Crippen LogP contribution is -2.68. The predicted molar refractivity (Wildman–Crippen MR) is 203 cm³/mol. The van der Waals surface area contributed by atoms with Gasteiger partial charge in [0.15, 0.2) is 0 Å². The second-order valence-corrected chi connectivity index (χ2v) is 16.9. The van der Waals surface area contributed by atoms with Crippen LogP contribution in [0.3, 0.4) is 0 Å². The molecule has 1 saturated carbocycles. The Kier molecular flexibility index (Phi) is 8.48. The molecule has 11 atom stereocenters. The van der Waals surface area contributed by atoms with E-state index in [1.165, 1.54) is 30.9 Å². The van der Waals surface area contributed by atoms with Gasteiger partial charge in [-0.1, -0.05) is 31.5 Å². The number of nitrogens with zero attached hydrogens (tertiary/aromatic N) is 2. The Morgan fingerprint density at radius 2 is 1.83 bits per heavy atom. The summed E-state index contributed by atoms with van der Waals surface area (Å²) in [4.78, 5) is 41.1. The van der Waals surface area contributed by atoms with Crippen molar-refractivity contribution in [2.75, 3.05) is 48.0 Å². The number of para-hydroxylation sites is 1. The highest BCUT2D eigenvalue weighted by Crippen LogP contribution is 2.57. The number of rotatable bonds is 6. The van der Waals surface area contributed by atoms with E-state index in [2.05, 4.69) is 70.1 Å². The van der Waals surface area contributed by atoms with E-state index in [1.54, 1.807) is 7.11 Å². The number of likely N-dealkylation sites (tertiary alicyclic amines) is 1. The van der Waals surface area contributed by atoms with Crippen molar-refractivity contribution in [2.45, 2.75) is 81.9 Å². The highest BCUT2D eigenvalue weighted by Gasteiger charge is 2.64. The minimum atomic E-state index is -0.926. The van der Waals surface area contributed by atoms with E-state index in [0.717, 1.165) is 90.7 Å². The minimum Gasteiger partial charge on any atom is -0.496 e. The average molecular weight is 723 g/mol. The molecule has 3 N–H and O–H groups in total. The third kappa shape index (κ3) is 4.93. The molecule has 10 heteroatoms. The van der Waals surface area contributed by atoms with Crippen LogP contribution in [0.5, 0.6) is 5.75 Å².